The summed E-state index contributed by atoms with van der Waals surface area (Å²) in [5.41, 5.74) is 0.798. The van der Waals surface area contributed by atoms with Crippen LogP contribution < -0.4 is 10.6 Å². The smallest absolute Gasteiger partial charge is 0.320 e. The first-order valence-corrected chi connectivity index (χ1v) is 7.76. The second-order valence-corrected chi connectivity index (χ2v) is 5.86. The average Bonchev–Trinajstić information content (AvgIpc) is 2.96. The van der Waals surface area contributed by atoms with Gasteiger partial charge in [0.15, 0.2) is 5.82 Å². The summed E-state index contributed by atoms with van der Waals surface area (Å²) in [7, 11) is 0. The summed E-state index contributed by atoms with van der Waals surface area (Å²) >= 11 is 6.00. The monoisotopic (exact) mass is 347 g/mol. The van der Waals surface area contributed by atoms with E-state index in [9.17, 15) is 9.90 Å². The number of urea groups is 1. The molecule has 1 unspecified atom stereocenters. The highest BCUT2D eigenvalue weighted by Crippen LogP contribution is 2.22. The number of nitrogens with one attached hydrogen (secondary N) is 2. The van der Waals surface area contributed by atoms with Crippen LogP contribution in [0.3, 0.4) is 0 Å². The van der Waals surface area contributed by atoms with Crippen molar-refractivity contribution in [1.82, 2.24) is 15.1 Å². The van der Waals surface area contributed by atoms with Gasteiger partial charge in [0.25, 0.3) is 0 Å². The first-order valence-electron chi connectivity index (χ1n) is 7.39. The quantitative estimate of drug-likeness (QED) is 0.773. The molecule has 2 amide bonds. The van der Waals surface area contributed by atoms with Gasteiger partial charge in [-0.1, -0.05) is 29.8 Å². The van der Waals surface area contributed by atoms with Crippen molar-refractivity contribution < 1.29 is 9.90 Å². The lowest BCUT2D eigenvalue weighted by Crippen LogP contribution is -2.32. The van der Waals surface area contributed by atoms with E-state index in [2.05, 4.69) is 15.7 Å². The SMILES string of the molecule is CC(C)n1cc(C#N)c(NC(=O)NCC(O)c2ccccc2Cl)n1. The zero-order valence-electron chi connectivity index (χ0n) is 13.3. The molecule has 8 heteroatoms. The number of aromatic nitrogens is 2. The van der Waals surface area contributed by atoms with Crippen LogP contribution in [0.2, 0.25) is 5.02 Å². The average molecular weight is 348 g/mol. The van der Waals surface area contributed by atoms with Crippen LogP contribution in [0.25, 0.3) is 0 Å². The summed E-state index contributed by atoms with van der Waals surface area (Å²) in [6.07, 6.45) is 0.631. The van der Waals surface area contributed by atoms with Crippen LogP contribution in [-0.2, 0) is 0 Å². The fourth-order valence-electron chi connectivity index (χ4n) is 2.03. The summed E-state index contributed by atoms with van der Waals surface area (Å²) in [5.74, 6) is 0.177. The zero-order chi connectivity index (χ0) is 17.7. The van der Waals surface area contributed by atoms with Gasteiger partial charge in [0, 0.05) is 29.4 Å². The minimum Gasteiger partial charge on any atom is -0.387 e. The zero-order valence-corrected chi connectivity index (χ0v) is 14.1. The fourth-order valence-corrected chi connectivity index (χ4v) is 2.29. The lowest BCUT2D eigenvalue weighted by Gasteiger charge is -2.13. The highest BCUT2D eigenvalue weighted by molar-refractivity contribution is 6.31. The Bertz CT molecular complexity index is 766. The predicted octanol–water partition coefficient (Wildman–Crippen LogP) is 2.84. The molecule has 0 saturated heterocycles. The van der Waals surface area contributed by atoms with E-state index in [1.165, 1.54) is 0 Å². The number of anilines is 1. The van der Waals surface area contributed by atoms with Gasteiger partial charge in [-0.15, -0.1) is 0 Å². The second-order valence-electron chi connectivity index (χ2n) is 5.45. The molecule has 2 rings (SSSR count). The predicted molar refractivity (Wildman–Crippen MR) is 90.8 cm³/mol. The van der Waals surface area contributed by atoms with E-state index in [1.807, 2.05) is 19.9 Å². The Morgan fingerprint density at radius 1 is 1.46 bits per heavy atom. The fraction of sp³-hybridized carbons (Fsp3) is 0.312. The summed E-state index contributed by atoms with van der Waals surface area (Å²) in [6, 6.07) is 8.34. The van der Waals surface area contributed by atoms with Crippen molar-refractivity contribution in [3.63, 3.8) is 0 Å². The minimum atomic E-state index is -0.937. The topological polar surface area (TPSA) is 103 Å². The van der Waals surface area contributed by atoms with Gasteiger partial charge < -0.3 is 10.4 Å². The number of hydrogen-bond donors (Lipinski definition) is 3. The maximum atomic E-state index is 12.0. The van der Waals surface area contributed by atoms with Crippen LogP contribution in [-0.4, -0.2) is 27.5 Å². The maximum Gasteiger partial charge on any atom is 0.320 e. The number of amides is 2. The third-order valence-corrected chi connectivity index (χ3v) is 3.68. The van der Waals surface area contributed by atoms with Crippen molar-refractivity contribution in [1.29, 1.82) is 5.26 Å². The number of aliphatic hydroxyl groups is 1. The Labute approximate surface area is 144 Å². The van der Waals surface area contributed by atoms with Gasteiger partial charge in [-0.05, 0) is 19.9 Å². The molecule has 0 bridgehead atoms. The van der Waals surface area contributed by atoms with Crippen molar-refractivity contribution in [2.45, 2.75) is 26.0 Å². The highest BCUT2D eigenvalue weighted by atomic mass is 35.5. The number of nitriles is 1. The normalized spacial score (nSPS) is 11.8. The number of halogens is 1. The third kappa shape index (κ3) is 4.25. The molecule has 0 aliphatic rings. The van der Waals surface area contributed by atoms with E-state index in [-0.39, 0.29) is 24.0 Å². The van der Waals surface area contributed by atoms with E-state index < -0.39 is 12.1 Å². The summed E-state index contributed by atoms with van der Waals surface area (Å²) in [4.78, 5) is 12.0. The van der Waals surface area contributed by atoms with Crippen molar-refractivity contribution in [2.75, 3.05) is 11.9 Å². The summed E-state index contributed by atoms with van der Waals surface area (Å²) < 4.78 is 1.59. The number of carbonyl (C=O) groups is 1. The Balaban J connectivity index is 1.97. The lowest BCUT2D eigenvalue weighted by atomic mass is 10.1. The molecule has 7 nitrogen and oxygen atoms in total. The molecular weight excluding hydrogens is 330 g/mol. The molecule has 1 aromatic heterocycles. The van der Waals surface area contributed by atoms with Gasteiger partial charge in [0.05, 0.1) is 6.10 Å². The molecule has 0 fully saturated rings. The van der Waals surface area contributed by atoms with Crippen molar-refractivity contribution in [3.8, 4) is 6.07 Å². The maximum absolute atomic E-state index is 12.0. The van der Waals surface area contributed by atoms with Gasteiger partial charge in [-0.3, -0.25) is 10.00 Å². The third-order valence-electron chi connectivity index (χ3n) is 3.33. The molecule has 0 radical (unpaired) electrons. The number of hydrogen-bond acceptors (Lipinski definition) is 4. The number of aliphatic hydroxyl groups excluding tert-OH is 1. The molecule has 1 atom stereocenters. The minimum absolute atomic E-state index is 0.0255. The Hall–Kier alpha value is -2.56. The number of benzene rings is 1. The molecule has 1 aromatic carbocycles. The van der Waals surface area contributed by atoms with Crippen molar-refractivity contribution >= 4 is 23.4 Å². The van der Waals surface area contributed by atoms with Crippen LogP contribution in [0.5, 0.6) is 0 Å². The van der Waals surface area contributed by atoms with Gasteiger partial charge in [-0.25, -0.2) is 4.79 Å². The van der Waals surface area contributed by atoms with E-state index in [0.717, 1.165) is 0 Å². The lowest BCUT2D eigenvalue weighted by molar-refractivity contribution is 0.175. The van der Waals surface area contributed by atoms with Crippen molar-refractivity contribution in [3.05, 3.63) is 46.6 Å². The van der Waals surface area contributed by atoms with Crippen LogP contribution >= 0.6 is 11.6 Å². The molecule has 0 aliphatic heterocycles. The molecule has 24 heavy (non-hydrogen) atoms. The second kappa shape index (κ2) is 7.81. The molecule has 0 saturated carbocycles. The largest absolute Gasteiger partial charge is 0.387 e. The van der Waals surface area contributed by atoms with E-state index in [0.29, 0.717) is 10.6 Å². The number of nitrogens with zero attached hydrogens (tertiary/aromatic N) is 3. The van der Waals surface area contributed by atoms with Crippen LogP contribution in [0.15, 0.2) is 30.5 Å². The molecule has 1 heterocycles. The summed E-state index contributed by atoms with van der Waals surface area (Å²) in [6.45, 7) is 3.80. The summed E-state index contributed by atoms with van der Waals surface area (Å²) in [5, 5.41) is 28.8. The van der Waals surface area contributed by atoms with Crippen LogP contribution in [0.4, 0.5) is 10.6 Å². The van der Waals surface area contributed by atoms with Crippen LogP contribution in [0.1, 0.15) is 37.1 Å². The molecule has 0 aliphatic carbocycles. The standard InChI is InChI=1S/C16H18ClN5O2/c1-10(2)22-9-11(7-18)15(21-22)20-16(24)19-8-14(23)12-5-3-4-6-13(12)17/h3-6,9-10,14,23H,8H2,1-2H3,(H2,19,20,21,24). The molecule has 3 N–H and O–H groups in total. The molecule has 126 valence electrons. The van der Waals surface area contributed by atoms with Gasteiger partial charge >= 0.3 is 6.03 Å². The number of carbonyl (C=O) groups excluding carboxylic acids is 1. The first-order chi connectivity index (χ1) is 11.4. The van der Waals surface area contributed by atoms with Crippen LogP contribution in [0, 0.1) is 11.3 Å². The van der Waals surface area contributed by atoms with Gasteiger partial charge in [0.1, 0.15) is 11.6 Å². The van der Waals surface area contributed by atoms with E-state index >= 15 is 0 Å². The van der Waals surface area contributed by atoms with E-state index in [4.69, 9.17) is 16.9 Å². The number of rotatable bonds is 5. The van der Waals surface area contributed by atoms with Gasteiger partial charge in [-0.2, -0.15) is 10.4 Å². The Kier molecular flexibility index (Phi) is 5.79. The molecule has 2 aromatic rings. The molecular formula is C16H18ClN5O2. The highest BCUT2D eigenvalue weighted by Gasteiger charge is 2.15. The van der Waals surface area contributed by atoms with Crippen molar-refractivity contribution in [2.24, 2.45) is 0 Å². The van der Waals surface area contributed by atoms with Gasteiger partial charge in [0.2, 0.25) is 0 Å². The van der Waals surface area contributed by atoms with E-state index in [1.54, 1.807) is 35.1 Å². The Morgan fingerprint density at radius 3 is 2.79 bits per heavy atom. The Morgan fingerprint density at radius 2 is 2.17 bits per heavy atom. The first kappa shape index (κ1) is 17.8. The molecule has 0 spiro atoms.